The van der Waals surface area contributed by atoms with Gasteiger partial charge >= 0.3 is 5.97 Å². The molecule has 0 heterocycles. The van der Waals surface area contributed by atoms with E-state index in [9.17, 15) is 9.59 Å². The lowest BCUT2D eigenvalue weighted by molar-refractivity contribution is -0.139. The molecule has 0 aromatic heterocycles. The van der Waals surface area contributed by atoms with Crippen LogP contribution in [-0.2, 0) is 9.59 Å². The van der Waals surface area contributed by atoms with Gasteiger partial charge in [0, 0.05) is 13.0 Å². The van der Waals surface area contributed by atoms with E-state index in [4.69, 9.17) is 5.11 Å². The minimum atomic E-state index is -1.12. The molecular formula is C23H43NO3. The molecule has 0 aromatic rings. The quantitative estimate of drug-likeness (QED) is 0.200. The van der Waals surface area contributed by atoms with Crippen molar-refractivity contribution >= 4 is 11.9 Å². The lowest BCUT2D eigenvalue weighted by Gasteiger charge is -2.20. The number of carbonyl (C=O) groups excluding carboxylic acids is 1. The zero-order valence-electron chi connectivity index (χ0n) is 17.9. The molecule has 0 saturated heterocycles. The zero-order valence-corrected chi connectivity index (χ0v) is 17.9. The molecule has 158 valence electrons. The molecule has 0 aliphatic rings. The fourth-order valence-corrected chi connectivity index (χ4v) is 3.42. The molecule has 0 spiro atoms. The first-order valence-electron chi connectivity index (χ1n) is 11.3. The Kier molecular flexibility index (Phi) is 17.2. The van der Waals surface area contributed by atoms with Crippen LogP contribution in [0, 0.1) is 0 Å². The zero-order chi connectivity index (χ0) is 20.3. The molecular weight excluding hydrogens is 338 g/mol. The van der Waals surface area contributed by atoms with Gasteiger partial charge < -0.3 is 10.0 Å². The number of hydrogen-bond donors (Lipinski definition) is 1. The SMILES string of the molecule is C=C(C(=O)O)N(CC)C(=O)CCCCCCCCCCCCCCCCC. The summed E-state index contributed by atoms with van der Waals surface area (Å²) in [6.45, 7) is 7.88. The van der Waals surface area contributed by atoms with Gasteiger partial charge in [-0.1, -0.05) is 103 Å². The molecule has 1 N–H and O–H groups in total. The summed E-state index contributed by atoms with van der Waals surface area (Å²) in [6, 6.07) is 0. The average molecular weight is 382 g/mol. The number of nitrogens with zero attached hydrogens (tertiary/aromatic N) is 1. The van der Waals surface area contributed by atoms with Gasteiger partial charge in [0.25, 0.3) is 0 Å². The lowest BCUT2D eigenvalue weighted by atomic mass is 10.0. The molecule has 0 aromatic carbocycles. The average Bonchev–Trinajstić information content (AvgIpc) is 2.65. The highest BCUT2D eigenvalue weighted by atomic mass is 16.4. The van der Waals surface area contributed by atoms with E-state index in [1.165, 1.54) is 81.9 Å². The number of carbonyl (C=O) groups is 2. The molecule has 0 fully saturated rings. The van der Waals surface area contributed by atoms with Crippen LogP contribution >= 0.6 is 0 Å². The third-order valence-electron chi connectivity index (χ3n) is 5.18. The number of aliphatic carboxylic acids is 1. The van der Waals surface area contributed by atoms with E-state index >= 15 is 0 Å². The van der Waals surface area contributed by atoms with Gasteiger partial charge in [0.2, 0.25) is 5.91 Å². The maximum atomic E-state index is 12.1. The number of unbranched alkanes of at least 4 members (excludes halogenated alkanes) is 14. The van der Waals surface area contributed by atoms with Crippen LogP contribution in [0.5, 0.6) is 0 Å². The second-order valence-corrected chi connectivity index (χ2v) is 7.59. The van der Waals surface area contributed by atoms with Crippen molar-refractivity contribution in [2.24, 2.45) is 0 Å². The summed E-state index contributed by atoms with van der Waals surface area (Å²) >= 11 is 0. The maximum absolute atomic E-state index is 12.1. The van der Waals surface area contributed by atoms with Crippen molar-refractivity contribution in [3.8, 4) is 0 Å². The molecule has 0 unspecified atom stereocenters. The predicted octanol–water partition coefficient (Wildman–Crippen LogP) is 6.69. The van der Waals surface area contributed by atoms with E-state index in [1.807, 2.05) is 0 Å². The third kappa shape index (κ3) is 14.4. The third-order valence-corrected chi connectivity index (χ3v) is 5.18. The topological polar surface area (TPSA) is 57.6 Å². The van der Waals surface area contributed by atoms with Gasteiger partial charge in [-0.3, -0.25) is 4.79 Å². The molecule has 0 saturated carbocycles. The molecule has 0 aliphatic heterocycles. The van der Waals surface area contributed by atoms with Gasteiger partial charge in [0.15, 0.2) is 0 Å². The Morgan fingerprint density at radius 1 is 0.704 bits per heavy atom. The largest absolute Gasteiger partial charge is 0.477 e. The molecule has 0 radical (unpaired) electrons. The van der Waals surface area contributed by atoms with Crippen LogP contribution in [0.2, 0.25) is 0 Å². The Balaban J connectivity index is 3.43. The summed E-state index contributed by atoms with van der Waals surface area (Å²) in [5.74, 6) is -1.25. The molecule has 0 aliphatic carbocycles. The number of likely N-dealkylation sites (N-methyl/N-ethyl adjacent to an activating group) is 1. The van der Waals surface area contributed by atoms with E-state index in [1.54, 1.807) is 6.92 Å². The lowest BCUT2D eigenvalue weighted by Crippen LogP contribution is -2.32. The molecule has 0 rings (SSSR count). The van der Waals surface area contributed by atoms with Crippen molar-refractivity contribution in [3.05, 3.63) is 12.3 Å². The Bertz CT molecular complexity index is 406. The van der Waals surface area contributed by atoms with Gasteiger partial charge in [0.1, 0.15) is 5.70 Å². The maximum Gasteiger partial charge on any atom is 0.351 e. The van der Waals surface area contributed by atoms with E-state index in [2.05, 4.69) is 13.5 Å². The van der Waals surface area contributed by atoms with Crippen molar-refractivity contribution in [1.29, 1.82) is 0 Å². The number of carboxylic acids is 1. The smallest absolute Gasteiger partial charge is 0.351 e. The van der Waals surface area contributed by atoms with Crippen LogP contribution in [-0.4, -0.2) is 28.4 Å². The number of amides is 1. The van der Waals surface area contributed by atoms with Gasteiger partial charge in [-0.2, -0.15) is 0 Å². The summed E-state index contributed by atoms with van der Waals surface area (Å²) in [6.07, 6.45) is 19.8. The van der Waals surface area contributed by atoms with E-state index < -0.39 is 5.97 Å². The van der Waals surface area contributed by atoms with Crippen LogP contribution in [0.15, 0.2) is 12.3 Å². The monoisotopic (exact) mass is 381 g/mol. The second kappa shape index (κ2) is 18.1. The van der Waals surface area contributed by atoms with Crippen LogP contribution in [0.25, 0.3) is 0 Å². The summed E-state index contributed by atoms with van der Waals surface area (Å²) in [5.41, 5.74) is -0.122. The Labute approximate surface area is 167 Å². The first-order valence-corrected chi connectivity index (χ1v) is 11.3. The summed E-state index contributed by atoms with van der Waals surface area (Å²) < 4.78 is 0. The Morgan fingerprint density at radius 2 is 1.07 bits per heavy atom. The number of hydrogen-bond acceptors (Lipinski definition) is 2. The standard InChI is InChI=1S/C23H43NO3/c1-4-6-7-8-9-10-11-12-13-14-15-16-17-18-19-20-22(25)24(5-2)21(3)23(26)27/h3-20H2,1-2H3,(H,26,27). The summed E-state index contributed by atoms with van der Waals surface area (Å²) in [5, 5.41) is 8.94. The highest BCUT2D eigenvalue weighted by Gasteiger charge is 2.18. The van der Waals surface area contributed by atoms with E-state index in [0.29, 0.717) is 13.0 Å². The molecule has 4 heteroatoms. The molecule has 4 nitrogen and oxygen atoms in total. The molecule has 0 bridgehead atoms. The highest BCUT2D eigenvalue weighted by Crippen LogP contribution is 2.14. The fourth-order valence-electron chi connectivity index (χ4n) is 3.42. The van der Waals surface area contributed by atoms with Gasteiger partial charge in [-0.25, -0.2) is 4.79 Å². The van der Waals surface area contributed by atoms with Crippen molar-refractivity contribution in [2.75, 3.05) is 6.54 Å². The van der Waals surface area contributed by atoms with E-state index in [0.717, 1.165) is 19.3 Å². The van der Waals surface area contributed by atoms with Gasteiger partial charge in [0.05, 0.1) is 0 Å². The van der Waals surface area contributed by atoms with Crippen LogP contribution in [0.4, 0.5) is 0 Å². The van der Waals surface area contributed by atoms with Crippen molar-refractivity contribution < 1.29 is 14.7 Å². The van der Waals surface area contributed by atoms with Crippen LogP contribution in [0.1, 0.15) is 117 Å². The van der Waals surface area contributed by atoms with Gasteiger partial charge in [-0.15, -0.1) is 0 Å². The first-order chi connectivity index (χ1) is 13.0. The molecule has 0 atom stereocenters. The fraction of sp³-hybridized carbons (Fsp3) is 0.826. The second-order valence-electron chi connectivity index (χ2n) is 7.59. The highest BCUT2D eigenvalue weighted by molar-refractivity contribution is 5.92. The van der Waals surface area contributed by atoms with Crippen LogP contribution < -0.4 is 0 Å². The molecule has 27 heavy (non-hydrogen) atoms. The van der Waals surface area contributed by atoms with Crippen molar-refractivity contribution in [1.82, 2.24) is 4.90 Å². The predicted molar refractivity (Wildman–Crippen MR) is 114 cm³/mol. The van der Waals surface area contributed by atoms with Crippen LogP contribution in [0.3, 0.4) is 0 Å². The Morgan fingerprint density at radius 3 is 1.41 bits per heavy atom. The number of carboxylic acid groups (broad SMARTS) is 1. The summed E-state index contributed by atoms with van der Waals surface area (Å²) in [4.78, 5) is 24.2. The minimum absolute atomic E-state index is 0.122. The Hall–Kier alpha value is -1.32. The number of rotatable bonds is 19. The first kappa shape index (κ1) is 25.7. The van der Waals surface area contributed by atoms with Crippen molar-refractivity contribution in [2.45, 2.75) is 117 Å². The minimum Gasteiger partial charge on any atom is -0.477 e. The van der Waals surface area contributed by atoms with E-state index in [-0.39, 0.29) is 11.6 Å². The van der Waals surface area contributed by atoms with Crippen molar-refractivity contribution in [3.63, 3.8) is 0 Å². The molecule has 1 amide bonds. The van der Waals surface area contributed by atoms with Gasteiger partial charge in [-0.05, 0) is 13.3 Å². The summed E-state index contributed by atoms with van der Waals surface area (Å²) in [7, 11) is 0. The normalized spacial score (nSPS) is 10.7.